The van der Waals surface area contributed by atoms with Crippen molar-refractivity contribution in [2.45, 2.75) is 57.4 Å². The van der Waals surface area contributed by atoms with Crippen LogP contribution < -0.4 is 0 Å². The van der Waals surface area contributed by atoms with Gasteiger partial charge in [0.2, 0.25) is 0 Å². The lowest BCUT2D eigenvalue weighted by Gasteiger charge is -2.24. The molecule has 0 aromatic carbocycles. The molecule has 4 heteroatoms. The zero-order valence-electron chi connectivity index (χ0n) is 9.82. The fourth-order valence-corrected chi connectivity index (χ4v) is 3.65. The fraction of sp³-hybridized carbons (Fsp3) is 0.909. The Morgan fingerprint density at radius 1 is 1.40 bits per heavy atom. The van der Waals surface area contributed by atoms with Crippen LogP contribution in [0.4, 0.5) is 0 Å². The molecule has 1 aliphatic heterocycles. The van der Waals surface area contributed by atoms with Gasteiger partial charge < -0.3 is 4.55 Å². The van der Waals surface area contributed by atoms with Crippen molar-refractivity contribution in [3.63, 3.8) is 0 Å². The SMILES string of the molecule is CC(=O)[C@H]1[C@@H](C2CC2)N1[S+]([O-])C(C)(C)C. The molecule has 1 saturated carbocycles. The standard InChI is InChI=1S/C11H19NO2S/c1-7(13)9-10(8-5-6-8)12(9)15(14)11(2,3)4/h8-10H,5-6H2,1-4H3/t9-,10+,12?,15?/m0/s1. The second-order valence-corrected chi connectivity index (χ2v) is 7.75. The van der Waals surface area contributed by atoms with Gasteiger partial charge in [-0.1, -0.05) is 0 Å². The van der Waals surface area contributed by atoms with Crippen molar-refractivity contribution in [1.29, 1.82) is 0 Å². The van der Waals surface area contributed by atoms with Crippen molar-refractivity contribution >= 4 is 17.1 Å². The number of rotatable bonds is 3. The van der Waals surface area contributed by atoms with Crippen LogP contribution in [0.15, 0.2) is 0 Å². The molecule has 0 radical (unpaired) electrons. The summed E-state index contributed by atoms with van der Waals surface area (Å²) in [5.41, 5.74) is 0. The predicted molar refractivity (Wildman–Crippen MR) is 60.7 cm³/mol. The molecule has 3 nitrogen and oxygen atoms in total. The Hall–Kier alpha value is -0.0600. The average molecular weight is 229 g/mol. The minimum absolute atomic E-state index is 0.0578. The molecule has 86 valence electrons. The van der Waals surface area contributed by atoms with Crippen LogP contribution in [-0.4, -0.2) is 31.5 Å². The van der Waals surface area contributed by atoms with E-state index in [0.29, 0.717) is 5.92 Å². The molecule has 0 bridgehead atoms. The summed E-state index contributed by atoms with van der Waals surface area (Å²) in [5, 5.41) is 0. The van der Waals surface area contributed by atoms with E-state index in [1.807, 2.05) is 25.1 Å². The van der Waals surface area contributed by atoms with E-state index in [1.54, 1.807) is 6.92 Å². The van der Waals surface area contributed by atoms with Crippen molar-refractivity contribution in [2.24, 2.45) is 5.92 Å². The molecule has 2 aliphatic rings. The summed E-state index contributed by atoms with van der Waals surface area (Å²) in [6, 6.07) is 0.222. The normalized spacial score (nSPS) is 37.5. The van der Waals surface area contributed by atoms with Crippen molar-refractivity contribution < 1.29 is 9.35 Å². The average Bonchev–Trinajstić information content (AvgIpc) is 2.94. The molecular formula is C11H19NO2S. The number of Topliss-reactive ketones (excluding diaryl/α,β-unsaturated/α-hetero) is 1. The predicted octanol–water partition coefficient (Wildman–Crippen LogP) is 1.50. The second-order valence-electron chi connectivity index (χ2n) is 5.60. The quantitative estimate of drug-likeness (QED) is 0.544. The molecule has 0 N–H and O–H groups in total. The summed E-state index contributed by atoms with van der Waals surface area (Å²) < 4.78 is 13.8. The largest absolute Gasteiger partial charge is 0.597 e. The Balaban J connectivity index is 2.06. The van der Waals surface area contributed by atoms with Gasteiger partial charge in [-0.25, -0.2) is 0 Å². The number of hydrogen-bond acceptors (Lipinski definition) is 3. The van der Waals surface area contributed by atoms with Crippen LogP contribution in [0.25, 0.3) is 0 Å². The lowest BCUT2D eigenvalue weighted by Crippen LogP contribution is -2.35. The van der Waals surface area contributed by atoms with Crippen molar-refractivity contribution in [1.82, 2.24) is 4.31 Å². The van der Waals surface area contributed by atoms with Crippen molar-refractivity contribution in [3.05, 3.63) is 0 Å². The third-order valence-electron chi connectivity index (χ3n) is 3.04. The van der Waals surface area contributed by atoms with Gasteiger partial charge in [0.05, 0.1) is 6.04 Å². The zero-order valence-corrected chi connectivity index (χ0v) is 10.6. The summed E-state index contributed by atoms with van der Waals surface area (Å²) in [6.45, 7) is 7.49. The Morgan fingerprint density at radius 2 is 1.93 bits per heavy atom. The highest BCUT2D eigenvalue weighted by atomic mass is 32.2. The Bertz CT molecular complexity index is 283. The first-order valence-corrected chi connectivity index (χ1v) is 6.65. The van der Waals surface area contributed by atoms with E-state index in [-0.39, 0.29) is 22.6 Å². The smallest absolute Gasteiger partial charge is 0.153 e. The highest BCUT2D eigenvalue weighted by molar-refractivity contribution is 7.90. The molecule has 0 spiro atoms. The fourth-order valence-electron chi connectivity index (χ4n) is 2.08. The maximum absolute atomic E-state index is 12.2. The third kappa shape index (κ3) is 2.08. The Labute approximate surface area is 94.5 Å². The van der Waals surface area contributed by atoms with Gasteiger partial charge >= 0.3 is 0 Å². The van der Waals surface area contributed by atoms with Crippen LogP contribution >= 0.6 is 0 Å². The summed E-state index contributed by atoms with van der Waals surface area (Å²) in [4.78, 5) is 11.4. The molecular weight excluding hydrogens is 210 g/mol. The van der Waals surface area contributed by atoms with Gasteiger partial charge in [0.15, 0.2) is 5.78 Å². The van der Waals surface area contributed by atoms with Crippen LogP contribution in [0, 0.1) is 5.92 Å². The van der Waals surface area contributed by atoms with Gasteiger partial charge in [0.1, 0.15) is 10.8 Å². The van der Waals surface area contributed by atoms with Crippen LogP contribution in [0.2, 0.25) is 0 Å². The highest BCUT2D eigenvalue weighted by Crippen LogP contribution is 2.50. The monoisotopic (exact) mass is 229 g/mol. The molecule has 1 aliphatic carbocycles. The topological polar surface area (TPSA) is 43.1 Å². The number of carbonyl (C=O) groups excluding carboxylic acids is 1. The van der Waals surface area contributed by atoms with Crippen LogP contribution in [-0.2, 0) is 16.2 Å². The van der Waals surface area contributed by atoms with Crippen LogP contribution in [0.3, 0.4) is 0 Å². The van der Waals surface area contributed by atoms with Gasteiger partial charge in [-0.05, 0) is 46.5 Å². The van der Waals surface area contributed by atoms with Gasteiger partial charge in [0.25, 0.3) is 0 Å². The first kappa shape index (κ1) is 11.4. The minimum Gasteiger partial charge on any atom is -0.597 e. The van der Waals surface area contributed by atoms with E-state index in [1.165, 1.54) is 12.8 Å². The second kappa shape index (κ2) is 3.47. The number of carbonyl (C=O) groups is 1. The summed E-state index contributed by atoms with van der Waals surface area (Å²) in [7, 11) is 0. The summed E-state index contributed by atoms with van der Waals surface area (Å²) in [5.74, 6) is 0.801. The third-order valence-corrected chi connectivity index (χ3v) is 4.94. The summed E-state index contributed by atoms with van der Waals surface area (Å²) in [6.07, 6.45) is 2.40. The molecule has 2 fully saturated rings. The van der Waals surface area contributed by atoms with Gasteiger partial charge in [0, 0.05) is 11.4 Å². The van der Waals surface area contributed by atoms with E-state index in [9.17, 15) is 9.35 Å². The van der Waals surface area contributed by atoms with Gasteiger partial charge in [-0.15, -0.1) is 4.31 Å². The van der Waals surface area contributed by atoms with Crippen molar-refractivity contribution in [2.75, 3.05) is 0 Å². The number of hydrogen-bond donors (Lipinski definition) is 0. The van der Waals surface area contributed by atoms with Gasteiger partial charge in [-0.2, -0.15) is 0 Å². The minimum atomic E-state index is -1.03. The zero-order chi connectivity index (χ0) is 11.4. The molecule has 1 heterocycles. The molecule has 0 aromatic rings. The van der Waals surface area contributed by atoms with Crippen LogP contribution in [0.1, 0.15) is 40.5 Å². The molecule has 1 saturated heterocycles. The van der Waals surface area contributed by atoms with Crippen molar-refractivity contribution in [3.8, 4) is 0 Å². The van der Waals surface area contributed by atoms with Gasteiger partial charge in [-0.3, -0.25) is 4.79 Å². The first-order chi connectivity index (χ1) is 6.84. The summed E-state index contributed by atoms with van der Waals surface area (Å²) >= 11 is -1.03. The maximum atomic E-state index is 12.2. The molecule has 2 rings (SSSR count). The molecule has 2 unspecified atom stereocenters. The van der Waals surface area contributed by atoms with E-state index < -0.39 is 11.4 Å². The van der Waals surface area contributed by atoms with E-state index in [2.05, 4.69) is 0 Å². The molecule has 15 heavy (non-hydrogen) atoms. The van der Waals surface area contributed by atoms with E-state index >= 15 is 0 Å². The first-order valence-electron chi connectivity index (χ1n) is 5.55. The molecule has 0 aromatic heterocycles. The maximum Gasteiger partial charge on any atom is 0.153 e. The molecule has 4 atom stereocenters. The van der Waals surface area contributed by atoms with Crippen LogP contribution in [0.5, 0.6) is 0 Å². The number of ketones is 1. The lowest BCUT2D eigenvalue weighted by molar-refractivity contribution is -0.117. The Kier molecular flexibility index (Phi) is 2.64. The van der Waals surface area contributed by atoms with E-state index in [4.69, 9.17) is 0 Å². The van der Waals surface area contributed by atoms with E-state index in [0.717, 1.165) is 0 Å². The number of nitrogens with zero attached hydrogens (tertiary/aromatic N) is 1. The Morgan fingerprint density at radius 3 is 2.27 bits per heavy atom. The highest BCUT2D eigenvalue weighted by Gasteiger charge is 2.65. The molecule has 0 amide bonds. The lowest BCUT2D eigenvalue weighted by atomic mass is 10.2.